The highest BCUT2D eigenvalue weighted by molar-refractivity contribution is 6.79. The molecule has 0 aliphatic rings. The van der Waals surface area contributed by atoms with Gasteiger partial charge in [-0.3, -0.25) is 0 Å². The maximum atomic E-state index is 2.51. The van der Waals surface area contributed by atoms with Crippen LogP contribution >= 0.6 is 0 Å². The summed E-state index contributed by atoms with van der Waals surface area (Å²) in [5.41, 5.74) is 2.95. The maximum Gasteiger partial charge on any atom is 0.0623 e. The molecule has 2 rings (SSSR count). The first kappa shape index (κ1) is 14.1. The van der Waals surface area contributed by atoms with Crippen LogP contribution in [0.1, 0.15) is 25.0 Å². The lowest BCUT2D eigenvalue weighted by Crippen LogP contribution is -2.49. The Kier molecular flexibility index (Phi) is 3.95. The first-order valence-electron chi connectivity index (χ1n) is 7.03. The summed E-state index contributed by atoms with van der Waals surface area (Å²) in [5.74, 6) is 0. The molecule has 0 unspecified atom stereocenters. The molecule has 0 nitrogen and oxygen atoms in total. The van der Waals surface area contributed by atoms with Crippen molar-refractivity contribution in [3.63, 3.8) is 0 Å². The van der Waals surface area contributed by atoms with E-state index in [1.54, 1.807) is 0 Å². The number of hydrogen-bond donors (Lipinski definition) is 0. The molecule has 0 spiro atoms. The van der Waals surface area contributed by atoms with Crippen LogP contribution in [0.2, 0.25) is 13.1 Å². The fraction of sp³-hybridized carbons (Fsp3) is 0.333. The van der Waals surface area contributed by atoms with Gasteiger partial charge in [-0.15, -0.1) is 0 Å². The predicted octanol–water partition coefficient (Wildman–Crippen LogP) is 4.99. The van der Waals surface area contributed by atoms with Gasteiger partial charge in [-0.2, -0.15) is 0 Å². The molecule has 0 N–H and O–H groups in total. The topological polar surface area (TPSA) is 0 Å². The van der Waals surface area contributed by atoms with Crippen LogP contribution in [-0.2, 0) is 11.1 Å². The molecule has 19 heavy (non-hydrogen) atoms. The van der Waals surface area contributed by atoms with Crippen molar-refractivity contribution in [3.05, 3.63) is 71.8 Å². The summed E-state index contributed by atoms with van der Waals surface area (Å²) in [7, 11) is -1.41. The van der Waals surface area contributed by atoms with Gasteiger partial charge in [-0.05, 0) is 16.6 Å². The van der Waals surface area contributed by atoms with Crippen LogP contribution in [0.3, 0.4) is 0 Å². The van der Waals surface area contributed by atoms with Gasteiger partial charge in [0, 0.05) is 0 Å². The summed E-state index contributed by atoms with van der Waals surface area (Å²) in [4.78, 5) is 0. The van der Waals surface area contributed by atoms with Crippen molar-refractivity contribution in [2.24, 2.45) is 0 Å². The molecule has 100 valence electrons. The van der Waals surface area contributed by atoms with Crippen molar-refractivity contribution in [2.75, 3.05) is 0 Å². The van der Waals surface area contributed by atoms with E-state index in [2.05, 4.69) is 87.6 Å². The van der Waals surface area contributed by atoms with Gasteiger partial charge in [-0.1, -0.05) is 93.2 Å². The Balaban J connectivity index is 2.28. The van der Waals surface area contributed by atoms with Gasteiger partial charge >= 0.3 is 0 Å². The van der Waals surface area contributed by atoms with Gasteiger partial charge in [0.25, 0.3) is 0 Å². The van der Waals surface area contributed by atoms with Gasteiger partial charge in [-0.25, -0.2) is 0 Å². The van der Waals surface area contributed by atoms with Gasteiger partial charge in [0.05, 0.1) is 8.07 Å². The quantitative estimate of drug-likeness (QED) is 0.685. The van der Waals surface area contributed by atoms with E-state index >= 15 is 0 Å². The molecular formula is C18H24Si. The Labute approximate surface area is 118 Å². The summed E-state index contributed by atoms with van der Waals surface area (Å²) in [6, 6.07) is 23.1. The summed E-state index contributed by atoms with van der Waals surface area (Å²) in [6.07, 6.45) is 0. The highest BCUT2D eigenvalue weighted by atomic mass is 28.3. The normalized spacial score (nSPS) is 12.4. The minimum atomic E-state index is -1.41. The van der Waals surface area contributed by atoms with E-state index in [1.165, 1.54) is 17.2 Å². The van der Waals surface area contributed by atoms with Crippen LogP contribution in [-0.4, -0.2) is 8.07 Å². The van der Waals surface area contributed by atoms with Crippen molar-refractivity contribution < 1.29 is 0 Å². The average molecular weight is 268 g/mol. The third-order valence-corrected chi connectivity index (χ3v) is 9.64. The fourth-order valence-electron chi connectivity index (χ4n) is 2.57. The van der Waals surface area contributed by atoms with Gasteiger partial charge < -0.3 is 0 Å². The Hall–Kier alpha value is -1.34. The third kappa shape index (κ3) is 2.98. The molecular weight excluding hydrogens is 244 g/mol. The molecule has 0 saturated carbocycles. The number of rotatable bonds is 4. The summed E-state index contributed by atoms with van der Waals surface area (Å²) in [5, 5.41) is 0.282. The zero-order valence-electron chi connectivity index (χ0n) is 12.5. The van der Waals surface area contributed by atoms with Crippen molar-refractivity contribution in [1.29, 1.82) is 0 Å². The van der Waals surface area contributed by atoms with Crippen LogP contribution in [0.15, 0.2) is 60.7 Å². The first-order valence-corrected chi connectivity index (χ1v) is 10.2. The van der Waals surface area contributed by atoms with E-state index in [1.807, 2.05) is 0 Å². The molecule has 2 aromatic rings. The first-order chi connectivity index (χ1) is 8.93. The standard InChI is InChI=1S/C18H24Si/c1-18(2,17-13-9-6-10-14-17)19(3,4)15-16-11-7-5-8-12-16/h5-14H,15H2,1-4H3. The average Bonchev–Trinajstić information content (AvgIpc) is 2.40. The molecule has 0 bridgehead atoms. The molecule has 0 fully saturated rings. The summed E-state index contributed by atoms with van der Waals surface area (Å²) in [6.45, 7) is 9.84. The highest BCUT2D eigenvalue weighted by Crippen LogP contribution is 2.35. The lowest BCUT2D eigenvalue weighted by molar-refractivity contribution is 0.710. The molecule has 0 amide bonds. The molecule has 0 saturated heterocycles. The van der Waals surface area contributed by atoms with Crippen molar-refractivity contribution in [1.82, 2.24) is 0 Å². The molecule has 0 heterocycles. The van der Waals surface area contributed by atoms with Gasteiger partial charge in [0.1, 0.15) is 0 Å². The molecule has 1 heteroatoms. The smallest absolute Gasteiger partial charge is 0.0623 e. The van der Waals surface area contributed by atoms with Crippen LogP contribution in [0.5, 0.6) is 0 Å². The molecule has 0 aliphatic heterocycles. The molecule has 2 aromatic carbocycles. The third-order valence-electron chi connectivity index (χ3n) is 4.68. The number of benzene rings is 2. The van der Waals surface area contributed by atoms with Crippen LogP contribution in [0.4, 0.5) is 0 Å². The second-order valence-electron chi connectivity index (χ2n) is 6.54. The van der Waals surface area contributed by atoms with Gasteiger partial charge in [0.15, 0.2) is 0 Å². The van der Waals surface area contributed by atoms with Gasteiger partial charge in [0.2, 0.25) is 0 Å². The number of hydrogen-bond acceptors (Lipinski definition) is 0. The lowest BCUT2D eigenvalue weighted by Gasteiger charge is -2.41. The van der Waals surface area contributed by atoms with Crippen molar-refractivity contribution in [2.45, 2.75) is 38.0 Å². The molecule has 0 radical (unpaired) electrons. The van der Waals surface area contributed by atoms with Crippen molar-refractivity contribution in [3.8, 4) is 0 Å². The maximum absolute atomic E-state index is 2.51. The zero-order chi connectivity index (χ0) is 13.9. The van der Waals surface area contributed by atoms with E-state index in [-0.39, 0.29) is 5.04 Å². The monoisotopic (exact) mass is 268 g/mol. The Bertz CT molecular complexity index is 512. The fourth-order valence-corrected chi connectivity index (χ4v) is 5.22. The minimum absolute atomic E-state index is 0.282. The van der Waals surface area contributed by atoms with Crippen LogP contribution in [0.25, 0.3) is 0 Å². The zero-order valence-corrected chi connectivity index (χ0v) is 13.5. The van der Waals surface area contributed by atoms with E-state index in [4.69, 9.17) is 0 Å². The predicted molar refractivity (Wildman–Crippen MR) is 87.1 cm³/mol. The van der Waals surface area contributed by atoms with E-state index in [0.717, 1.165) is 0 Å². The Morgan fingerprint density at radius 3 is 1.79 bits per heavy atom. The SMILES string of the molecule is CC(C)(c1ccccc1)[Si](C)(C)Cc1ccccc1. The molecule has 0 aromatic heterocycles. The second-order valence-corrected chi connectivity index (χ2v) is 11.9. The Morgan fingerprint density at radius 2 is 1.26 bits per heavy atom. The largest absolute Gasteiger partial charge is 0.0685 e. The van der Waals surface area contributed by atoms with E-state index in [9.17, 15) is 0 Å². The van der Waals surface area contributed by atoms with Crippen molar-refractivity contribution >= 4 is 8.07 Å². The Morgan fingerprint density at radius 1 is 0.789 bits per heavy atom. The van der Waals surface area contributed by atoms with Crippen LogP contribution in [0, 0.1) is 0 Å². The second kappa shape index (κ2) is 5.34. The van der Waals surface area contributed by atoms with Crippen LogP contribution < -0.4 is 0 Å². The molecule has 0 aliphatic carbocycles. The van der Waals surface area contributed by atoms with E-state index in [0.29, 0.717) is 0 Å². The molecule has 0 atom stereocenters. The summed E-state index contributed by atoms with van der Waals surface area (Å²) < 4.78 is 0. The summed E-state index contributed by atoms with van der Waals surface area (Å²) >= 11 is 0. The highest BCUT2D eigenvalue weighted by Gasteiger charge is 2.39. The van der Waals surface area contributed by atoms with E-state index < -0.39 is 8.07 Å². The minimum Gasteiger partial charge on any atom is -0.0685 e. The lowest BCUT2D eigenvalue weighted by atomic mass is 10.0.